The smallest absolute Gasteiger partial charge is 0.358 e. The van der Waals surface area contributed by atoms with Gasteiger partial charge in [-0.05, 0) is 26.0 Å². The number of pyridine rings is 1. The lowest BCUT2D eigenvalue weighted by atomic mass is 10.2. The van der Waals surface area contributed by atoms with E-state index in [0.717, 1.165) is 17.7 Å². The van der Waals surface area contributed by atoms with E-state index in [1.54, 1.807) is 0 Å². The standard InChI is InChI=1S/C14H18F3N3O2S/c1-9(2)5-6-23-8-11(13(21)20-22)19-12-4-3-10(7-18-12)14(15,16)17/h3-5,7,11,22H,6,8H2,1-2H3,(H,18,19)(H,20,21). The molecule has 1 atom stereocenters. The molecule has 128 valence electrons. The van der Waals surface area contributed by atoms with Gasteiger partial charge in [0.2, 0.25) is 0 Å². The van der Waals surface area contributed by atoms with Gasteiger partial charge in [0.1, 0.15) is 11.9 Å². The molecule has 9 heteroatoms. The van der Waals surface area contributed by atoms with Crippen LogP contribution in [0.15, 0.2) is 30.0 Å². The van der Waals surface area contributed by atoms with Crippen LogP contribution in [0, 0.1) is 0 Å². The maximum Gasteiger partial charge on any atom is 0.417 e. The van der Waals surface area contributed by atoms with E-state index in [1.807, 2.05) is 19.9 Å². The second-order valence-electron chi connectivity index (χ2n) is 4.92. The summed E-state index contributed by atoms with van der Waals surface area (Å²) in [6.07, 6.45) is -1.80. The Hall–Kier alpha value is -1.74. The first-order valence-corrected chi connectivity index (χ1v) is 7.84. The van der Waals surface area contributed by atoms with Crippen molar-refractivity contribution in [3.63, 3.8) is 0 Å². The highest BCUT2D eigenvalue weighted by Gasteiger charge is 2.30. The Balaban J connectivity index is 2.69. The van der Waals surface area contributed by atoms with Crippen LogP contribution in [0.2, 0.25) is 0 Å². The van der Waals surface area contributed by atoms with Gasteiger partial charge < -0.3 is 5.32 Å². The van der Waals surface area contributed by atoms with Crippen molar-refractivity contribution in [2.75, 3.05) is 16.8 Å². The summed E-state index contributed by atoms with van der Waals surface area (Å²) in [7, 11) is 0. The number of hydrogen-bond donors (Lipinski definition) is 3. The van der Waals surface area contributed by atoms with Crippen LogP contribution in [-0.2, 0) is 11.0 Å². The molecule has 5 nitrogen and oxygen atoms in total. The number of halogens is 3. The van der Waals surface area contributed by atoms with E-state index in [-0.39, 0.29) is 5.82 Å². The van der Waals surface area contributed by atoms with Crippen molar-refractivity contribution >= 4 is 23.5 Å². The van der Waals surface area contributed by atoms with Gasteiger partial charge >= 0.3 is 6.18 Å². The average Bonchev–Trinajstić information content (AvgIpc) is 2.49. The largest absolute Gasteiger partial charge is 0.417 e. The highest BCUT2D eigenvalue weighted by Crippen LogP contribution is 2.28. The van der Waals surface area contributed by atoms with E-state index in [4.69, 9.17) is 5.21 Å². The molecule has 23 heavy (non-hydrogen) atoms. The molecule has 0 aliphatic rings. The number of carbonyl (C=O) groups excluding carboxylic acids is 1. The van der Waals surface area contributed by atoms with Gasteiger partial charge in [-0.2, -0.15) is 24.9 Å². The quantitative estimate of drug-likeness (QED) is 0.305. The van der Waals surface area contributed by atoms with Crippen LogP contribution in [0.3, 0.4) is 0 Å². The number of hydrogen-bond acceptors (Lipinski definition) is 5. The van der Waals surface area contributed by atoms with Gasteiger partial charge in [0.25, 0.3) is 5.91 Å². The molecule has 0 saturated carbocycles. The third-order valence-electron chi connectivity index (χ3n) is 2.73. The topological polar surface area (TPSA) is 74.2 Å². The molecule has 1 heterocycles. The molecule has 1 aromatic rings. The molecule has 3 N–H and O–H groups in total. The molecule has 0 aliphatic carbocycles. The molecule has 0 saturated heterocycles. The molecule has 0 aromatic carbocycles. The first-order chi connectivity index (χ1) is 10.7. The van der Waals surface area contributed by atoms with Gasteiger partial charge in [-0.1, -0.05) is 11.6 Å². The van der Waals surface area contributed by atoms with Gasteiger partial charge in [-0.25, -0.2) is 10.5 Å². The summed E-state index contributed by atoms with van der Waals surface area (Å²) in [5.41, 5.74) is 1.80. The van der Waals surface area contributed by atoms with Crippen LogP contribution in [-0.4, -0.2) is 33.6 Å². The average molecular weight is 349 g/mol. The third-order valence-corrected chi connectivity index (χ3v) is 3.70. The summed E-state index contributed by atoms with van der Waals surface area (Å²) in [5, 5.41) is 11.5. The molecule has 1 aromatic heterocycles. The summed E-state index contributed by atoms with van der Waals surface area (Å²) < 4.78 is 37.4. The Bertz CT molecular complexity index is 543. The monoisotopic (exact) mass is 349 g/mol. The van der Waals surface area contributed by atoms with E-state index >= 15 is 0 Å². The van der Waals surface area contributed by atoms with Crippen LogP contribution in [0.25, 0.3) is 0 Å². The summed E-state index contributed by atoms with van der Waals surface area (Å²) in [6, 6.07) is 1.20. The molecule has 1 unspecified atom stereocenters. The van der Waals surface area contributed by atoms with E-state index in [1.165, 1.54) is 17.2 Å². The Labute approximate surface area is 136 Å². The Morgan fingerprint density at radius 3 is 2.61 bits per heavy atom. The fourth-order valence-corrected chi connectivity index (χ4v) is 2.56. The minimum Gasteiger partial charge on any atom is -0.358 e. The number of nitrogens with one attached hydrogen (secondary N) is 2. The molecule has 1 rings (SSSR count). The lowest BCUT2D eigenvalue weighted by Crippen LogP contribution is -2.40. The van der Waals surface area contributed by atoms with Gasteiger partial charge in [0, 0.05) is 17.7 Å². The van der Waals surface area contributed by atoms with Crippen LogP contribution in [0.4, 0.5) is 19.0 Å². The number of rotatable bonds is 7. The first kappa shape index (κ1) is 19.3. The van der Waals surface area contributed by atoms with Gasteiger partial charge in [0.15, 0.2) is 0 Å². The summed E-state index contributed by atoms with van der Waals surface area (Å²) in [6.45, 7) is 3.89. The maximum absolute atomic E-state index is 12.5. The molecule has 0 aliphatic heterocycles. The highest BCUT2D eigenvalue weighted by atomic mass is 32.2. The molecule has 0 spiro atoms. The van der Waals surface area contributed by atoms with Gasteiger partial charge in [-0.3, -0.25) is 10.0 Å². The number of anilines is 1. The number of allylic oxidation sites excluding steroid dienone is 1. The molecular weight excluding hydrogens is 331 g/mol. The van der Waals surface area contributed by atoms with Gasteiger partial charge in [0.05, 0.1) is 5.56 Å². The zero-order valence-corrected chi connectivity index (χ0v) is 13.5. The zero-order chi connectivity index (χ0) is 17.5. The first-order valence-electron chi connectivity index (χ1n) is 6.69. The van der Waals surface area contributed by atoms with Gasteiger partial charge in [-0.15, -0.1) is 0 Å². The third kappa shape index (κ3) is 6.91. The fourth-order valence-electron chi connectivity index (χ4n) is 1.50. The van der Waals surface area contributed by atoms with Crippen LogP contribution in [0.1, 0.15) is 19.4 Å². The number of carbonyl (C=O) groups is 1. The minimum absolute atomic E-state index is 0.120. The number of amides is 1. The van der Waals surface area contributed by atoms with Crippen molar-refractivity contribution in [1.82, 2.24) is 10.5 Å². The Kier molecular flexibility index (Phi) is 7.37. The molecule has 0 radical (unpaired) electrons. The number of nitrogens with zero attached hydrogens (tertiary/aromatic N) is 1. The Morgan fingerprint density at radius 1 is 1.43 bits per heavy atom. The van der Waals surface area contributed by atoms with Crippen LogP contribution in [0.5, 0.6) is 0 Å². The second kappa shape index (κ2) is 8.78. The number of hydroxylamine groups is 1. The predicted octanol–water partition coefficient (Wildman–Crippen LogP) is 3.09. The Morgan fingerprint density at radius 2 is 2.13 bits per heavy atom. The van der Waals surface area contributed by atoms with Crippen molar-refractivity contribution in [2.24, 2.45) is 0 Å². The van der Waals surface area contributed by atoms with Crippen molar-refractivity contribution in [2.45, 2.75) is 26.1 Å². The molecule has 1 amide bonds. The van der Waals surface area contributed by atoms with Crippen molar-refractivity contribution < 1.29 is 23.2 Å². The predicted molar refractivity (Wildman–Crippen MR) is 83.3 cm³/mol. The van der Waals surface area contributed by atoms with Crippen molar-refractivity contribution in [3.05, 3.63) is 35.5 Å². The highest BCUT2D eigenvalue weighted by molar-refractivity contribution is 7.99. The summed E-state index contributed by atoms with van der Waals surface area (Å²) >= 11 is 1.44. The second-order valence-corrected chi connectivity index (χ2v) is 6.00. The van der Waals surface area contributed by atoms with Crippen molar-refractivity contribution in [3.8, 4) is 0 Å². The lowest BCUT2D eigenvalue weighted by molar-refractivity contribution is -0.137. The summed E-state index contributed by atoms with van der Waals surface area (Å²) in [5.74, 6) is 0.434. The SMILES string of the molecule is CC(C)=CCSCC(Nc1ccc(C(F)(F)F)cn1)C(=O)NO. The van der Waals surface area contributed by atoms with Crippen LogP contribution < -0.4 is 10.8 Å². The number of alkyl halides is 3. The number of thioether (sulfide) groups is 1. The number of aromatic nitrogens is 1. The van der Waals surface area contributed by atoms with Crippen molar-refractivity contribution in [1.29, 1.82) is 0 Å². The minimum atomic E-state index is -4.46. The lowest BCUT2D eigenvalue weighted by Gasteiger charge is -2.17. The van der Waals surface area contributed by atoms with Crippen LogP contribution >= 0.6 is 11.8 Å². The maximum atomic E-state index is 12.5. The van der Waals surface area contributed by atoms with E-state index < -0.39 is 23.7 Å². The van der Waals surface area contributed by atoms with E-state index in [0.29, 0.717) is 17.7 Å². The van der Waals surface area contributed by atoms with E-state index in [2.05, 4.69) is 10.3 Å². The normalized spacial score (nSPS) is 12.4. The fraction of sp³-hybridized carbons (Fsp3) is 0.429. The molecule has 0 fully saturated rings. The van der Waals surface area contributed by atoms with E-state index in [9.17, 15) is 18.0 Å². The zero-order valence-electron chi connectivity index (χ0n) is 12.6. The molecular formula is C14H18F3N3O2S. The molecule has 0 bridgehead atoms. The summed E-state index contributed by atoms with van der Waals surface area (Å²) in [4.78, 5) is 15.3.